The molecule has 0 radical (unpaired) electrons. The topological polar surface area (TPSA) is 18.5 Å². The van der Waals surface area contributed by atoms with Gasteiger partial charge in [0.1, 0.15) is 0 Å². The predicted molar refractivity (Wildman–Crippen MR) is 94.2 cm³/mol. The Balaban J connectivity index is 2.78. The number of nitrogens with zero attached hydrogens (tertiary/aromatic N) is 2. The van der Waals surface area contributed by atoms with Crippen molar-refractivity contribution in [1.29, 1.82) is 0 Å². The van der Waals surface area contributed by atoms with Crippen molar-refractivity contribution in [2.45, 2.75) is 39.7 Å². The first-order valence-electron chi connectivity index (χ1n) is 8.32. The highest BCUT2D eigenvalue weighted by Crippen LogP contribution is 2.26. The van der Waals surface area contributed by atoms with Gasteiger partial charge >= 0.3 is 0 Å². The normalized spacial score (nSPS) is 12.7. The molecule has 0 aromatic heterocycles. The van der Waals surface area contributed by atoms with E-state index in [2.05, 4.69) is 74.2 Å². The SMILES string of the molecule is CCCNC(C)c1ccccc1N(CC)CCCN(C)C. The van der Waals surface area contributed by atoms with E-state index in [0.29, 0.717) is 6.04 Å². The maximum Gasteiger partial charge on any atom is 0.0414 e. The van der Waals surface area contributed by atoms with Crippen molar-refractivity contribution in [1.82, 2.24) is 10.2 Å². The van der Waals surface area contributed by atoms with E-state index in [1.165, 1.54) is 24.1 Å². The molecule has 0 amide bonds. The minimum atomic E-state index is 0.407. The smallest absolute Gasteiger partial charge is 0.0414 e. The van der Waals surface area contributed by atoms with Gasteiger partial charge in [0, 0.05) is 24.8 Å². The van der Waals surface area contributed by atoms with Crippen LogP contribution in [0.25, 0.3) is 0 Å². The lowest BCUT2D eigenvalue weighted by Gasteiger charge is -2.28. The third-order valence-electron chi connectivity index (χ3n) is 3.86. The van der Waals surface area contributed by atoms with Crippen molar-refractivity contribution in [3.05, 3.63) is 29.8 Å². The minimum Gasteiger partial charge on any atom is -0.371 e. The third-order valence-corrected chi connectivity index (χ3v) is 3.86. The molecule has 0 aliphatic rings. The molecule has 0 fully saturated rings. The highest BCUT2D eigenvalue weighted by atomic mass is 15.1. The van der Waals surface area contributed by atoms with Gasteiger partial charge in [0.15, 0.2) is 0 Å². The molecule has 1 aromatic rings. The van der Waals surface area contributed by atoms with Crippen LogP contribution in [-0.2, 0) is 0 Å². The van der Waals surface area contributed by atoms with Gasteiger partial charge in [-0.2, -0.15) is 0 Å². The molecular formula is C18H33N3. The quantitative estimate of drug-likeness (QED) is 0.711. The molecule has 0 saturated heterocycles. The maximum absolute atomic E-state index is 3.61. The lowest BCUT2D eigenvalue weighted by atomic mass is 10.0. The van der Waals surface area contributed by atoms with Crippen LogP contribution in [-0.4, -0.2) is 45.2 Å². The average molecular weight is 291 g/mol. The molecule has 1 rings (SSSR count). The van der Waals surface area contributed by atoms with E-state index in [9.17, 15) is 0 Å². The van der Waals surface area contributed by atoms with Crippen LogP contribution in [0.15, 0.2) is 24.3 Å². The zero-order valence-corrected chi connectivity index (χ0v) is 14.5. The summed E-state index contributed by atoms with van der Waals surface area (Å²) in [5.74, 6) is 0. The second kappa shape index (κ2) is 9.80. The Morgan fingerprint density at radius 2 is 1.81 bits per heavy atom. The molecule has 1 N–H and O–H groups in total. The van der Waals surface area contributed by atoms with Gasteiger partial charge in [0.05, 0.1) is 0 Å². The van der Waals surface area contributed by atoms with Crippen LogP contribution in [0.3, 0.4) is 0 Å². The summed E-state index contributed by atoms with van der Waals surface area (Å²) in [4.78, 5) is 4.76. The maximum atomic E-state index is 3.61. The fourth-order valence-corrected chi connectivity index (χ4v) is 2.64. The third kappa shape index (κ3) is 6.06. The van der Waals surface area contributed by atoms with Crippen molar-refractivity contribution in [2.24, 2.45) is 0 Å². The summed E-state index contributed by atoms with van der Waals surface area (Å²) < 4.78 is 0. The molecule has 0 aliphatic carbocycles. The van der Waals surface area contributed by atoms with Crippen molar-refractivity contribution >= 4 is 5.69 Å². The Morgan fingerprint density at radius 3 is 2.43 bits per heavy atom. The molecule has 3 heteroatoms. The zero-order valence-electron chi connectivity index (χ0n) is 14.5. The van der Waals surface area contributed by atoms with E-state index in [1.807, 2.05) is 0 Å². The Labute approximate surface area is 131 Å². The van der Waals surface area contributed by atoms with Crippen LogP contribution in [0.2, 0.25) is 0 Å². The monoisotopic (exact) mass is 291 g/mol. The molecule has 0 spiro atoms. The minimum absolute atomic E-state index is 0.407. The van der Waals surface area contributed by atoms with E-state index in [4.69, 9.17) is 0 Å². The lowest BCUT2D eigenvalue weighted by molar-refractivity contribution is 0.400. The molecule has 3 nitrogen and oxygen atoms in total. The van der Waals surface area contributed by atoms with Crippen molar-refractivity contribution in [3.63, 3.8) is 0 Å². The highest BCUT2D eigenvalue weighted by Gasteiger charge is 2.13. The highest BCUT2D eigenvalue weighted by molar-refractivity contribution is 5.54. The molecule has 0 aliphatic heterocycles. The van der Waals surface area contributed by atoms with E-state index in [0.717, 1.165) is 26.2 Å². The number of hydrogen-bond acceptors (Lipinski definition) is 3. The van der Waals surface area contributed by atoms with E-state index in [-0.39, 0.29) is 0 Å². The molecule has 1 atom stereocenters. The fourth-order valence-electron chi connectivity index (χ4n) is 2.64. The van der Waals surface area contributed by atoms with Gasteiger partial charge in [-0.3, -0.25) is 0 Å². The summed E-state index contributed by atoms with van der Waals surface area (Å²) >= 11 is 0. The summed E-state index contributed by atoms with van der Waals surface area (Å²) in [6.07, 6.45) is 2.37. The largest absolute Gasteiger partial charge is 0.371 e. The second-order valence-corrected chi connectivity index (χ2v) is 5.97. The number of nitrogens with one attached hydrogen (secondary N) is 1. The van der Waals surface area contributed by atoms with Crippen LogP contribution in [0.4, 0.5) is 5.69 Å². The Bertz CT molecular complexity index is 390. The second-order valence-electron chi connectivity index (χ2n) is 5.97. The first-order valence-corrected chi connectivity index (χ1v) is 8.32. The average Bonchev–Trinajstić information content (AvgIpc) is 2.49. The van der Waals surface area contributed by atoms with Gasteiger partial charge in [0.2, 0.25) is 0 Å². The predicted octanol–water partition coefficient (Wildman–Crippen LogP) is 3.53. The molecule has 0 saturated carbocycles. The summed E-state index contributed by atoms with van der Waals surface area (Å²) in [6, 6.07) is 9.23. The van der Waals surface area contributed by atoms with Crippen LogP contribution >= 0.6 is 0 Å². The van der Waals surface area contributed by atoms with Crippen LogP contribution in [0.5, 0.6) is 0 Å². The van der Waals surface area contributed by atoms with Gasteiger partial charge in [-0.1, -0.05) is 25.1 Å². The Morgan fingerprint density at radius 1 is 1.10 bits per heavy atom. The van der Waals surface area contributed by atoms with Gasteiger partial charge in [-0.05, 0) is 65.5 Å². The summed E-state index contributed by atoms with van der Waals surface area (Å²) in [5, 5.41) is 3.61. The summed E-state index contributed by atoms with van der Waals surface area (Å²) in [5.41, 5.74) is 2.80. The first kappa shape index (κ1) is 18.0. The summed E-state index contributed by atoms with van der Waals surface area (Å²) in [7, 11) is 4.28. The van der Waals surface area contributed by atoms with Gasteiger partial charge < -0.3 is 15.1 Å². The van der Waals surface area contributed by atoms with E-state index < -0.39 is 0 Å². The van der Waals surface area contributed by atoms with Crippen LogP contribution in [0, 0.1) is 0 Å². The molecule has 0 heterocycles. The van der Waals surface area contributed by atoms with Crippen molar-refractivity contribution in [2.75, 3.05) is 45.2 Å². The van der Waals surface area contributed by atoms with Gasteiger partial charge in [-0.15, -0.1) is 0 Å². The number of para-hydroxylation sites is 1. The Kier molecular flexibility index (Phi) is 8.40. The fraction of sp³-hybridized carbons (Fsp3) is 0.667. The van der Waals surface area contributed by atoms with Crippen LogP contribution in [0.1, 0.15) is 45.2 Å². The van der Waals surface area contributed by atoms with E-state index in [1.54, 1.807) is 0 Å². The van der Waals surface area contributed by atoms with Gasteiger partial charge in [0.25, 0.3) is 0 Å². The first-order chi connectivity index (χ1) is 10.1. The van der Waals surface area contributed by atoms with Crippen molar-refractivity contribution in [3.8, 4) is 0 Å². The molecular weight excluding hydrogens is 258 g/mol. The van der Waals surface area contributed by atoms with Gasteiger partial charge in [-0.25, -0.2) is 0 Å². The van der Waals surface area contributed by atoms with Crippen molar-refractivity contribution < 1.29 is 0 Å². The number of rotatable bonds is 10. The molecule has 0 bridgehead atoms. The molecule has 21 heavy (non-hydrogen) atoms. The zero-order chi connectivity index (χ0) is 15.7. The number of benzene rings is 1. The standard InChI is InChI=1S/C18H33N3/c1-6-13-19-16(3)17-11-8-9-12-18(17)21(7-2)15-10-14-20(4)5/h8-9,11-12,16,19H,6-7,10,13-15H2,1-5H3. The molecule has 1 unspecified atom stereocenters. The summed E-state index contributed by atoms with van der Waals surface area (Å²) in [6.45, 7) is 11.1. The van der Waals surface area contributed by atoms with E-state index >= 15 is 0 Å². The molecule has 1 aromatic carbocycles. The lowest BCUT2D eigenvalue weighted by Crippen LogP contribution is -2.29. The van der Waals surface area contributed by atoms with Crippen LogP contribution < -0.4 is 10.2 Å². The number of hydrogen-bond donors (Lipinski definition) is 1. The molecule has 120 valence electrons. The Hall–Kier alpha value is -1.06. The number of anilines is 1.